The minimum atomic E-state index is -0.0745. The van der Waals surface area contributed by atoms with Gasteiger partial charge in [0.05, 0.1) is 12.7 Å². The Morgan fingerprint density at radius 3 is 3.17 bits per heavy atom. The average molecular weight is 317 g/mol. The number of carbonyl (C=O) groups excluding carboxylic acids is 1. The van der Waals surface area contributed by atoms with Gasteiger partial charge in [0.1, 0.15) is 12.0 Å². The highest BCUT2D eigenvalue weighted by molar-refractivity contribution is 5.92. The van der Waals surface area contributed by atoms with Crippen molar-refractivity contribution in [2.24, 2.45) is 0 Å². The molecule has 1 aliphatic rings. The van der Waals surface area contributed by atoms with Crippen LogP contribution in [0.15, 0.2) is 23.1 Å². The second-order valence-corrected chi connectivity index (χ2v) is 5.46. The number of nitrogens with zero attached hydrogens (tertiary/aromatic N) is 5. The van der Waals surface area contributed by atoms with Crippen LogP contribution in [0.25, 0.3) is 0 Å². The first-order valence-electron chi connectivity index (χ1n) is 7.68. The molecule has 1 aliphatic heterocycles. The molecule has 1 atom stereocenters. The number of carbonyl (C=O) groups is 1. The van der Waals surface area contributed by atoms with E-state index in [2.05, 4.69) is 20.1 Å². The van der Waals surface area contributed by atoms with Gasteiger partial charge in [-0.05, 0) is 18.9 Å². The molecule has 23 heavy (non-hydrogen) atoms. The Balaban J connectivity index is 1.49. The molecule has 8 heteroatoms. The summed E-state index contributed by atoms with van der Waals surface area (Å²) in [6, 6.07) is 1.63. The number of rotatable bonds is 5. The quantitative estimate of drug-likeness (QED) is 0.813. The molecule has 2 aromatic rings. The van der Waals surface area contributed by atoms with Crippen molar-refractivity contribution in [1.82, 2.24) is 25.0 Å². The molecule has 122 valence electrons. The molecule has 1 fully saturated rings. The average Bonchev–Trinajstić information content (AvgIpc) is 3.00. The standard InChI is InChI=1S/C15H19N5O3/c1-11-18-14(19-23-11)5-8-22-12-3-2-7-20(9-12)15(21)13-4-6-16-10-17-13/h4,6,10,12H,2-3,5,7-9H2,1H3. The minimum absolute atomic E-state index is 0.0301. The zero-order valence-corrected chi connectivity index (χ0v) is 13.0. The molecular weight excluding hydrogens is 298 g/mol. The number of aryl methyl sites for hydroxylation is 1. The van der Waals surface area contributed by atoms with E-state index in [-0.39, 0.29) is 12.0 Å². The van der Waals surface area contributed by atoms with Gasteiger partial charge in [0, 0.05) is 32.6 Å². The second kappa shape index (κ2) is 7.28. The summed E-state index contributed by atoms with van der Waals surface area (Å²) in [5.74, 6) is 1.13. The maximum atomic E-state index is 12.4. The van der Waals surface area contributed by atoms with Crippen LogP contribution in [0.3, 0.4) is 0 Å². The number of ether oxygens (including phenoxy) is 1. The van der Waals surface area contributed by atoms with Gasteiger partial charge in [-0.25, -0.2) is 9.97 Å². The van der Waals surface area contributed by atoms with Gasteiger partial charge >= 0.3 is 0 Å². The molecule has 0 radical (unpaired) electrons. The smallest absolute Gasteiger partial charge is 0.272 e. The van der Waals surface area contributed by atoms with Crippen molar-refractivity contribution < 1.29 is 14.1 Å². The fraction of sp³-hybridized carbons (Fsp3) is 0.533. The number of aromatic nitrogens is 4. The van der Waals surface area contributed by atoms with Gasteiger partial charge in [-0.2, -0.15) is 4.98 Å². The highest BCUT2D eigenvalue weighted by Gasteiger charge is 2.25. The van der Waals surface area contributed by atoms with Crippen molar-refractivity contribution in [2.45, 2.75) is 32.3 Å². The largest absolute Gasteiger partial charge is 0.376 e. The van der Waals surface area contributed by atoms with E-state index < -0.39 is 0 Å². The molecule has 3 rings (SSSR count). The Morgan fingerprint density at radius 1 is 1.52 bits per heavy atom. The van der Waals surface area contributed by atoms with E-state index in [0.29, 0.717) is 37.0 Å². The second-order valence-electron chi connectivity index (χ2n) is 5.46. The van der Waals surface area contributed by atoms with Crippen LogP contribution in [-0.2, 0) is 11.2 Å². The normalized spacial score (nSPS) is 18.1. The SMILES string of the molecule is Cc1nc(CCOC2CCCN(C(=O)c3ccncn3)C2)no1. The minimum Gasteiger partial charge on any atom is -0.376 e. The summed E-state index contributed by atoms with van der Waals surface area (Å²) < 4.78 is 10.8. The molecule has 0 spiro atoms. The van der Waals surface area contributed by atoms with Crippen molar-refractivity contribution in [3.05, 3.63) is 36.0 Å². The number of hydrogen-bond acceptors (Lipinski definition) is 7. The van der Waals surface area contributed by atoms with Crippen LogP contribution in [0.2, 0.25) is 0 Å². The molecule has 1 unspecified atom stereocenters. The predicted molar refractivity (Wildman–Crippen MR) is 79.6 cm³/mol. The van der Waals surface area contributed by atoms with Gasteiger partial charge < -0.3 is 14.2 Å². The summed E-state index contributed by atoms with van der Waals surface area (Å²) in [6.07, 6.45) is 5.46. The van der Waals surface area contributed by atoms with Crippen LogP contribution in [-0.4, -0.2) is 56.7 Å². The number of likely N-dealkylation sites (tertiary alicyclic amines) is 1. The fourth-order valence-electron chi connectivity index (χ4n) is 2.60. The molecule has 1 amide bonds. The molecule has 2 aromatic heterocycles. The summed E-state index contributed by atoms with van der Waals surface area (Å²) in [5, 5.41) is 3.84. The van der Waals surface area contributed by atoms with E-state index in [9.17, 15) is 4.79 Å². The molecule has 0 bridgehead atoms. The number of hydrogen-bond donors (Lipinski definition) is 0. The molecule has 3 heterocycles. The Morgan fingerprint density at radius 2 is 2.43 bits per heavy atom. The zero-order valence-electron chi connectivity index (χ0n) is 13.0. The van der Waals surface area contributed by atoms with Crippen LogP contribution in [0, 0.1) is 6.92 Å². The van der Waals surface area contributed by atoms with Gasteiger partial charge in [-0.15, -0.1) is 0 Å². The first kappa shape index (κ1) is 15.5. The van der Waals surface area contributed by atoms with Gasteiger partial charge in [0.25, 0.3) is 5.91 Å². The lowest BCUT2D eigenvalue weighted by Crippen LogP contribution is -2.43. The summed E-state index contributed by atoms with van der Waals surface area (Å²) in [7, 11) is 0. The molecular formula is C15H19N5O3. The molecule has 1 saturated heterocycles. The van der Waals surface area contributed by atoms with Crippen LogP contribution < -0.4 is 0 Å². The monoisotopic (exact) mass is 317 g/mol. The predicted octanol–water partition coefficient (Wildman–Crippen LogP) is 1.03. The molecule has 0 N–H and O–H groups in total. The maximum absolute atomic E-state index is 12.4. The molecule has 0 saturated carbocycles. The summed E-state index contributed by atoms with van der Waals surface area (Å²) >= 11 is 0. The fourth-order valence-corrected chi connectivity index (χ4v) is 2.60. The van der Waals surface area contributed by atoms with Crippen molar-refractivity contribution in [3.8, 4) is 0 Å². The van der Waals surface area contributed by atoms with Gasteiger partial charge in [-0.3, -0.25) is 4.79 Å². The lowest BCUT2D eigenvalue weighted by atomic mass is 10.1. The molecule has 0 aliphatic carbocycles. The van der Waals surface area contributed by atoms with E-state index >= 15 is 0 Å². The third-order valence-electron chi connectivity index (χ3n) is 3.72. The highest BCUT2D eigenvalue weighted by atomic mass is 16.5. The Bertz CT molecular complexity index is 646. The summed E-state index contributed by atoms with van der Waals surface area (Å²) in [5.41, 5.74) is 0.419. The van der Waals surface area contributed by atoms with Crippen LogP contribution in [0.4, 0.5) is 0 Å². The third-order valence-corrected chi connectivity index (χ3v) is 3.72. The molecule has 0 aromatic carbocycles. The van der Waals surface area contributed by atoms with E-state index in [1.54, 1.807) is 24.1 Å². The lowest BCUT2D eigenvalue weighted by Gasteiger charge is -2.32. The van der Waals surface area contributed by atoms with Crippen molar-refractivity contribution in [3.63, 3.8) is 0 Å². The van der Waals surface area contributed by atoms with E-state index in [0.717, 1.165) is 19.4 Å². The van der Waals surface area contributed by atoms with Gasteiger partial charge in [0.2, 0.25) is 5.89 Å². The summed E-state index contributed by atoms with van der Waals surface area (Å²) in [4.78, 5) is 26.2. The first-order chi connectivity index (χ1) is 11.2. The molecule has 8 nitrogen and oxygen atoms in total. The third kappa shape index (κ3) is 4.10. The van der Waals surface area contributed by atoms with Crippen molar-refractivity contribution in [2.75, 3.05) is 19.7 Å². The number of amides is 1. The Hall–Kier alpha value is -2.35. The topological polar surface area (TPSA) is 94.2 Å². The van der Waals surface area contributed by atoms with Crippen LogP contribution >= 0.6 is 0 Å². The van der Waals surface area contributed by atoms with Gasteiger partial charge in [0.15, 0.2) is 5.82 Å². The maximum Gasteiger partial charge on any atom is 0.272 e. The zero-order chi connectivity index (χ0) is 16.1. The Kier molecular flexibility index (Phi) is 4.92. The van der Waals surface area contributed by atoms with Crippen LogP contribution in [0.5, 0.6) is 0 Å². The highest BCUT2D eigenvalue weighted by Crippen LogP contribution is 2.15. The van der Waals surface area contributed by atoms with Crippen molar-refractivity contribution >= 4 is 5.91 Å². The van der Waals surface area contributed by atoms with E-state index in [1.807, 2.05) is 0 Å². The lowest BCUT2D eigenvalue weighted by molar-refractivity contribution is 0.00231. The first-order valence-corrected chi connectivity index (χ1v) is 7.68. The van der Waals surface area contributed by atoms with E-state index in [4.69, 9.17) is 9.26 Å². The summed E-state index contributed by atoms with van der Waals surface area (Å²) in [6.45, 7) is 3.58. The van der Waals surface area contributed by atoms with Crippen molar-refractivity contribution in [1.29, 1.82) is 0 Å². The van der Waals surface area contributed by atoms with Gasteiger partial charge in [-0.1, -0.05) is 5.16 Å². The number of piperidine rings is 1. The Labute approximate surface area is 133 Å². The van der Waals surface area contributed by atoms with E-state index in [1.165, 1.54) is 6.33 Å². The van der Waals surface area contributed by atoms with Crippen LogP contribution in [0.1, 0.15) is 35.0 Å².